The molecule has 2 atom stereocenters. The summed E-state index contributed by atoms with van der Waals surface area (Å²) in [5.41, 5.74) is 1.31. The fourth-order valence-corrected chi connectivity index (χ4v) is 2.17. The molecule has 3 N–H and O–H groups in total. The van der Waals surface area contributed by atoms with Crippen molar-refractivity contribution in [2.75, 3.05) is 11.9 Å². The second-order valence-corrected chi connectivity index (χ2v) is 4.79. The van der Waals surface area contributed by atoms with Gasteiger partial charge in [-0.2, -0.15) is 0 Å². The Morgan fingerprint density at radius 1 is 1.47 bits per heavy atom. The highest BCUT2D eigenvalue weighted by molar-refractivity contribution is 5.94. The Balaban J connectivity index is 2.05. The lowest BCUT2D eigenvalue weighted by Crippen LogP contribution is -2.40. The van der Waals surface area contributed by atoms with Crippen molar-refractivity contribution in [2.24, 2.45) is 5.92 Å². The lowest BCUT2D eigenvalue weighted by molar-refractivity contribution is -0.126. The molecule has 2 unspecified atom stereocenters. The lowest BCUT2D eigenvalue weighted by Gasteiger charge is -2.22. The number of anilines is 1. The number of hydrogen-bond donors (Lipinski definition) is 3. The van der Waals surface area contributed by atoms with Gasteiger partial charge in [0.25, 0.3) is 0 Å². The number of nitrogens with one attached hydrogen (secondary N) is 2. The maximum atomic E-state index is 12.1. The van der Waals surface area contributed by atoms with Gasteiger partial charge in [0.1, 0.15) is 0 Å². The summed E-state index contributed by atoms with van der Waals surface area (Å²) in [6, 6.07) is 7.17. The third-order valence-electron chi connectivity index (χ3n) is 3.31. The molecule has 0 aromatic heterocycles. The number of piperidine rings is 1. The van der Waals surface area contributed by atoms with Gasteiger partial charge in [-0.3, -0.25) is 9.59 Å². The second-order valence-electron chi connectivity index (χ2n) is 4.79. The molecule has 5 nitrogen and oxygen atoms in total. The predicted molar refractivity (Wildman–Crippen MR) is 71.4 cm³/mol. The van der Waals surface area contributed by atoms with Gasteiger partial charge < -0.3 is 15.7 Å². The van der Waals surface area contributed by atoms with Gasteiger partial charge in [-0.1, -0.05) is 18.2 Å². The smallest absolute Gasteiger partial charge is 0.229 e. The minimum absolute atomic E-state index is 0.00608. The van der Waals surface area contributed by atoms with Crippen molar-refractivity contribution in [3.63, 3.8) is 0 Å². The van der Waals surface area contributed by atoms with Gasteiger partial charge in [-0.05, 0) is 19.4 Å². The normalized spacial score (nSPS) is 20.5. The van der Waals surface area contributed by atoms with Crippen molar-refractivity contribution in [3.05, 3.63) is 29.8 Å². The molecule has 1 aliphatic heterocycles. The van der Waals surface area contributed by atoms with Crippen molar-refractivity contribution >= 4 is 17.5 Å². The summed E-state index contributed by atoms with van der Waals surface area (Å²) in [6.07, 6.45) is 0.313. The minimum Gasteiger partial charge on any atom is -0.389 e. The minimum atomic E-state index is -0.637. The van der Waals surface area contributed by atoms with Crippen LogP contribution in [0.5, 0.6) is 0 Å². The molecule has 1 aliphatic rings. The molecule has 19 heavy (non-hydrogen) atoms. The molecule has 0 spiro atoms. The summed E-state index contributed by atoms with van der Waals surface area (Å²) in [6.45, 7) is 2.04. The summed E-state index contributed by atoms with van der Waals surface area (Å²) in [5, 5.41) is 15.2. The van der Waals surface area contributed by atoms with Gasteiger partial charge in [0.15, 0.2) is 0 Å². The zero-order valence-electron chi connectivity index (χ0n) is 10.8. The van der Waals surface area contributed by atoms with Gasteiger partial charge >= 0.3 is 0 Å². The first-order valence-electron chi connectivity index (χ1n) is 6.42. The van der Waals surface area contributed by atoms with E-state index in [1.54, 1.807) is 19.1 Å². The van der Waals surface area contributed by atoms with Crippen LogP contribution in [0.25, 0.3) is 0 Å². The summed E-state index contributed by atoms with van der Waals surface area (Å²) < 4.78 is 0. The molecule has 1 heterocycles. The molecule has 5 heteroatoms. The molecule has 0 saturated carbocycles. The van der Waals surface area contributed by atoms with E-state index in [1.165, 1.54) is 0 Å². The van der Waals surface area contributed by atoms with E-state index in [9.17, 15) is 14.7 Å². The second kappa shape index (κ2) is 5.84. The summed E-state index contributed by atoms with van der Waals surface area (Å²) >= 11 is 0. The highest BCUT2D eigenvalue weighted by Crippen LogP contribution is 2.23. The van der Waals surface area contributed by atoms with Gasteiger partial charge in [0.05, 0.1) is 12.0 Å². The largest absolute Gasteiger partial charge is 0.389 e. The van der Waals surface area contributed by atoms with E-state index in [2.05, 4.69) is 10.6 Å². The number of carbonyl (C=O) groups is 2. The Morgan fingerprint density at radius 3 is 2.84 bits per heavy atom. The quantitative estimate of drug-likeness (QED) is 0.766. The van der Waals surface area contributed by atoms with Crippen molar-refractivity contribution in [2.45, 2.75) is 25.9 Å². The van der Waals surface area contributed by atoms with E-state index in [-0.39, 0.29) is 17.7 Å². The molecule has 0 aliphatic carbocycles. The molecule has 2 rings (SSSR count). The van der Waals surface area contributed by atoms with E-state index in [4.69, 9.17) is 0 Å². The number of para-hydroxylation sites is 1. The third kappa shape index (κ3) is 3.32. The SMILES string of the molecule is CC(O)c1ccccc1NC(=O)C1CCC(=O)NC1. The summed E-state index contributed by atoms with van der Waals surface area (Å²) in [7, 11) is 0. The monoisotopic (exact) mass is 262 g/mol. The van der Waals surface area contributed by atoms with Crippen molar-refractivity contribution in [1.82, 2.24) is 5.32 Å². The molecule has 1 saturated heterocycles. The Morgan fingerprint density at radius 2 is 2.21 bits per heavy atom. The van der Waals surface area contributed by atoms with Crippen LogP contribution in [-0.2, 0) is 9.59 Å². The standard InChI is InChI=1S/C14H18N2O3/c1-9(17)11-4-2-3-5-12(11)16-14(19)10-6-7-13(18)15-8-10/h2-5,9-10,17H,6-8H2,1H3,(H,15,18)(H,16,19). The molecule has 1 aromatic carbocycles. The molecule has 0 bridgehead atoms. The van der Waals surface area contributed by atoms with E-state index >= 15 is 0 Å². The first-order chi connectivity index (χ1) is 9.08. The van der Waals surface area contributed by atoms with Crippen LogP contribution in [0.1, 0.15) is 31.4 Å². The van der Waals surface area contributed by atoms with E-state index in [0.717, 1.165) is 0 Å². The van der Waals surface area contributed by atoms with Crippen molar-refractivity contribution in [3.8, 4) is 0 Å². The maximum Gasteiger partial charge on any atom is 0.229 e. The zero-order valence-corrected chi connectivity index (χ0v) is 10.8. The number of carbonyl (C=O) groups excluding carboxylic acids is 2. The number of aliphatic hydroxyl groups is 1. The molecule has 1 aromatic rings. The van der Waals surface area contributed by atoms with Crippen LogP contribution in [-0.4, -0.2) is 23.5 Å². The van der Waals surface area contributed by atoms with Crippen LogP contribution in [0, 0.1) is 5.92 Å². The van der Waals surface area contributed by atoms with Gasteiger partial charge in [-0.25, -0.2) is 0 Å². The Hall–Kier alpha value is -1.88. The number of amides is 2. The van der Waals surface area contributed by atoms with Crippen molar-refractivity contribution < 1.29 is 14.7 Å². The number of benzene rings is 1. The molecule has 0 radical (unpaired) electrons. The fourth-order valence-electron chi connectivity index (χ4n) is 2.17. The highest BCUT2D eigenvalue weighted by Gasteiger charge is 2.25. The van der Waals surface area contributed by atoms with Gasteiger partial charge in [0.2, 0.25) is 11.8 Å². The lowest BCUT2D eigenvalue weighted by atomic mass is 9.98. The maximum absolute atomic E-state index is 12.1. The summed E-state index contributed by atoms with van der Waals surface area (Å²) in [5.74, 6) is -0.332. The number of aliphatic hydroxyl groups excluding tert-OH is 1. The average Bonchev–Trinajstić information content (AvgIpc) is 2.39. The Bertz CT molecular complexity index is 475. The third-order valence-corrected chi connectivity index (χ3v) is 3.31. The molecule has 1 fully saturated rings. The number of rotatable bonds is 3. The average molecular weight is 262 g/mol. The van der Waals surface area contributed by atoms with Crippen LogP contribution in [0.2, 0.25) is 0 Å². The van der Waals surface area contributed by atoms with Crippen LogP contribution >= 0.6 is 0 Å². The number of hydrogen-bond acceptors (Lipinski definition) is 3. The van der Waals surface area contributed by atoms with Gasteiger partial charge in [-0.15, -0.1) is 0 Å². The zero-order chi connectivity index (χ0) is 13.8. The first kappa shape index (κ1) is 13.5. The topological polar surface area (TPSA) is 78.4 Å². The van der Waals surface area contributed by atoms with Crippen LogP contribution in [0.3, 0.4) is 0 Å². The molecular formula is C14H18N2O3. The summed E-state index contributed by atoms with van der Waals surface area (Å²) in [4.78, 5) is 23.2. The molecular weight excluding hydrogens is 244 g/mol. The van der Waals surface area contributed by atoms with Crippen LogP contribution < -0.4 is 10.6 Å². The van der Waals surface area contributed by atoms with E-state index in [1.807, 2.05) is 12.1 Å². The van der Waals surface area contributed by atoms with Crippen LogP contribution in [0.15, 0.2) is 24.3 Å². The van der Waals surface area contributed by atoms with Crippen molar-refractivity contribution in [1.29, 1.82) is 0 Å². The predicted octanol–water partition coefficient (Wildman–Crippen LogP) is 1.20. The first-order valence-corrected chi connectivity index (χ1v) is 6.42. The molecule has 102 valence electrons. The Kier molecular flexibility index (Phi) is 4.16. The van der Waals surface area contributed by atoms with Gasteiger partial charge in [0, 0.05) is 24.2 Å². The Labute approximate surface area is 112 Å². The van der Waals surface area contributed by atoms with E-state index < -0.39 is 6.10 Å². The fraction of sp³-hybridized carbons (Fsp3) is 0.429. The van der Waals surface area contributed by atoms with E-state index in [0.29, 0.717) is 30.6 Å². The highest BCUT2D eigenvalue weighted by atomic mass is 16.3. The van der Waals surface area contributed by atoms with Crippen LogP contribution in [0.4, 0.5) is 5.69 Å². The molecule has 2 amide bonds.